The summed E-state index contributed by atoms with van der Waals surface area (Å²) in [6.07, 6.45) is 6.28. The van der Waals surface area contributed by atoms with Crippen LogP contribution in [0.2, 0.25) is 0 Å². The van der Waals surface area contributed by atoms with E-state index < -0.39 is 0 Å². The Labute approximate surface area is 55.7 Å². The van der Waals surface area contributed by atoms with Crippen molar-refractivity contribution in [1.82, 2.24) is 5.32 Å². The molecule has 0 amide bonds. The molecule has 1 rings (SSSR count). The molecule has 1 N–H and O–H groups in total. The Morgan fingerprint density at radius 1 is 1.78 bits per heavy atom. The van der Waals surface area contributed by atoms with Crippen LogP contribution in [0.3, 0.4) is 0 Å². The highest BCUT2D eigenvalue weighted by atomic mass is 15.0. The van der Waals surface area contributed by atoms with E-state index in [1.165, 1.54) is 0 Å². The fraction of sp³-hybridized carbons (Fsp3) is 0.571. The second-order valence-electron chi connectivity index (χ2n) is 2.01. The van der Waals surface area contributed by atoms with Gasteiger partial charge in [-0.05, 0) is 19.5 Å². The van der Waals surface area contributed by atoms with Crippen molar-refractivity contribution in [2.75, 3.05) is 6.54 Å². The molecule has 0 spiro atoms. The molecule has 0 saturated heterocycles. The third-order valence-corrected chi connectivity index (χ3v) is 1.26. The minimum Gasteiger partial charge on any atom is -0.351 e. The maximum atomic E-state index is 4.24. The number of hydrogen-bond donors (Lipinski definition) is 1. The van der Waals surface area contributed by atoms with Crippen molar-refractivity contribution in [1.29, 1.82) is 0 Å². The van der Waals surface area contributed by atoms with Gasteiger partial charge in [0.2, 0.25) is 0 Å². The number of hydrogen-bond acceptors (Lipinski definition) is 1. The highest BCUT2D eigenvalue weighted by Gasteiger charge is 1.97. The zero-order valence-electron chi connectivity index (χ0n) is 5.72. The summed E-state index contributed by atoms with van der Waals surface area (Å²) >= 11 is 0. The number of nitrogens with zero attached hydrogens (tertiary/aromatic N) is 1. The first-order chi connectivity index (χ1) is 4.43. The standard InChI is InChI=1S/C7H12N2/c1-2-8-7-5-3-4-6-9-7/h4,6H,2-3,5H2,1H3,(H,8,9). The Bertz CT molecular complexity index is 136. The van der Waals surface area contributed by atoms with Crippen molar-refractivity contribution in [3.8, 4) is 0 Å². The lowest BCUT2D eigenvalue weighted by atomic mass is 10.2. The van der Waals surface area contributed by atoms with Crippen molar-refractivity contribution < 1.29 is 0 Å². The second-order valence-corrected chi connectivity index (χ2v) is 2.01. The maximum Gasteiger partial charge on any atom is 0.100 e. The lowest BCUT2D eigenvalue weighted by molar-refractivity contribution is 0.953. The van der Waals surface area contributed by atoms with Gasteiger partial charge in [0, 0.05) is 13.0 Å². The molecule has 0 radical (unpaired) electrons. The minimum atomic E-state index is 0.885. The molecule has 0 fully saturated rings. The number of allylic oxidation sites excluding steroid dienone is 1. The molecule has 0 aromatic carbocycles. The third kappa shape index (κ3) is 1.88. The zero-order valence-corrected chi connectivity index (χ0v) is 5.72. The summed E-state index contributed by atoms with van der Waals surface area (Å²) in [5, 5.41) is 3.09. The summed E-state index contributed by atoms with van der Waals surface area (Å²) in [6, 6.07) is 0. The quantitative estimate of drug-likeness (QED) is 0.560. The SMILES string of the molecule is CCN=C1CCC=CN1. The molecular formula is C7H12N2. The van der Waals surface area contributed by atoms with Crippen molar-refractivity contribution >= 4 is 5.84 Å². The highest BCUT2D eigenvalue weighted by Crippen LogP contribution is 1.97. The van der Waals surface area contributed by atoms with Gasteiger partial charge in [-0.15, -0.1) is 0 Å². The predicted octanol–water partition coefficient (Wildman–Crippen LogP) is 1.30. The number of aliphatic imine (C=N–C) groups is 1. The molecule has 1 aliphatic rings. The van der Waals surface area contributed by atoms with Gasteiger partial charge in [-0.25, -0.2) is 0 Å². The van der Waals surface area contributed by atoms with E-state index in [4.69, 9.17) is 0 Å². The monoisotopic (exact) mass is 124 g/mol. The normalized spacial score (nSPS) is 22.1. The van der Waals surface area contributed by atoms with E-state index in [-0.39, 0.29) is 0 Å². The first kappa shape index (κ1) is 6.33. The van der Waals surface area contributed by atoms with E-state index in [2.05, 4.69) is 16.4 Å². The lowest BCUT2D eigenvalue weighted by Crippen LogP contribution is -2.20. The van der Waals surface area contributed by atoms with Crippen molar-refractivity contribution in [2.24, 2.45) is 4.99 Å². The van der Waals surface area contributed by atoms with Crippen LogP contribution in [0.15, 0.2) is 17.3 Å². The maximum absolute atomic E-state index is 4.24. The Hall–Kier alpha value is -0.790. The molecule has 1 heterocycles. The summed E-state index contributed by atoms with van der Waals surface area (Å²) in [6.45, 7) is 2.93. The zero-order chi connectivity index (χ0) is 6.53. The van der Waals surface area contributed by atoms with Gasteiger partial charge in [-0.3, -0.25) is 4.99 Å². The average molecular weight is 124 g/mol. The molecule has 0 aromatic heterocycles. The molecule has 2 nitrogen and oxygen atoms in total. The summed E-state index contributed by atoms with van der Waals surface area (Å²) in [4.78, 5) is 4.24. The number of rotatable bonds is 1. The Morgan fingerprint density at radius 2 is 2.67 bits per heavy atom. The topological polar surface area (TPSA) is 24.4 Å². The van der Waals surface area contributed by atoms with E-state index >= 15 is 0 Å². The molecule has 9 heavy (non-hydrogen) atoms. The van der Waals surface area contributed by atoms with Gasteiger partial charge in [0.25, 0.3) is 0 Å². The fourth-order valence-corrected chi connectivity index (χ4v) is 0.846. The van der Waals surface area contributed by atoms with Crippen molar-refractivity contribution in [3.05, 3.63) is 12.3 Å². The van der Waals surface area contributed by atoms with Crippen LogP contribution >= 0.6 is 0 Å². The summed E-state index contributed by atoms with van der Waals surface area (Å²) in [7, 11) is 0. The molecule has 0 bridgehead atoms. The predicted molar refractivity (Wildman–Crippen MR) is 39.5 cm³/mol. The van der Waals surface area contributed by atoms with Crippen LogP contribution in [-0.4, -0.2) is 12.4 Å². The number of nitrogens with one attached hydrogen (secondary N) is 1. The van der Waals surface area contributed by atoms with Crippen molar-refractivity contribution in [3.63, 3.8) is 0 Å². The Morgan fingerprint density at radius 3 is 3.22 bits per heavy atom. The average Bonchev–Trinajstić information content (AvgIpc) is 1.91. The summed E-state index contributed by atoms with van der Waals surface area (Å²) in [5.41, 5.74) is 0. The molecule has 0 saturated carbocycles. The van der Waals surface area contributed by atoms with Crippen LogP contribution < -0.4 is 5.32 Å². The van der Waals surface area contributed by atoms with Crippen molar-refractivity contribution in [2.45, 2.75) is 19.8 Å². The van der Waals surface area contributed by atoms with Gasteiger partial charge < -0.3 is 5.32 Å². The molecule has 0 atom stereocenters. The van der Waals surface area contributed by atoms with Crippen LogP contribution in [0.1, 0.15) is 19.8 Å². The third-order valence-electron chi connectivity index (χ3n) is 1.26. The van der Waals surface area contributed by atoms with Crippen LogP contribution in [0, 0.1) is 0 Å². The molecular weight excluding hydrogens is 112 g/mol. The van der Waals surface area contributed by atoms with Gasteiger partial charge in [-0.2, -0.15) is 0 Å². The minimum absolute atomic E-state index is 0.885. The van der Waals surface area contributed by atoms with Crippen LogP contribution in [-0.2, 0) is 0 Å². The largest absolute Gasteiger partial charge is 0.351 e. The van der Waals surface area contributed by atoms with Crippen LogP contribution in [0.25, 0.3) is 0 Å². The fourth-order valence-electron chi connectivity index (χ4n) is 0.846. The highest BCUT2D eigenvalue weighted by molar-refractivity contribution is 5.83. The first-order valence-corrected chi connectivity index (χ1v) is 3.38. The van der Waals surface area contributed by atoms with Gasteiger partial charge in [0.05, 0.1) is 0 Å². The van der Waals surface area contributed by atoms with E-state index in [1.807, 2.05) is 13.1 Å². The summed E-state index contributed by atoms with van der Waals surface area (Å²) in [5.74, 6) is 1.13. The molecule has 1 aliphatic heterocycles. The summed E-state index contributed by atoms with van der Waals surface area (Å²) < 4.78 is 0. The molecule has 0 aliphatic carbocycles. The molecule has 50 valence electrons. The van der Waals surface area contributed by atoms with Gasteiger partial charge in [0.1, 0.15) is 5.84 Å². The second kappa shape index (κ2) is 3.28. The van der Waals surface area contributed by atoms with Gasteiger partial charge in [-0.1, -0.05) is 6.08 Å². The molecule has 0 aromatic rings. The van der Waals surface area contributed by atoms with E-state index in [9.17, 15) is 0 Å². The lowest BCUT2D eigenvalue weighted by Gasteiger charge is -2.07. The Balaban J connectivity index is 2.43. The molecule has 0 unspecified atom stereocenters. The van der Waals surface area contributed by atoms with E-state index in [0.717, 1.165) is 25.2 Å². The van der Waals surface area contributed by atoms with Crippen LogP contribution in [0.4, 0.5) is 0 Å². The van der Waals surface area contributed by atoms with E-state index in [0.29, 0.717) is 0 Å². The number of amidine groups is 1. The van der Waals surface area contributed by atoms with Gasteiger partial charge in [0.15, 0.2) is 0 Å². The van der Waals surface area contributed by atoms with E-state index in [1.54, 1.807) is 0 Å². The Kier molecular flexibility index (Phi) is 2.31. The van der Waals surface area contributed by atoms with Gasteiger partial charge >= 0.3 is 0 Å². The first-order valence-electron chi connectivity index (χ1n) is 3.38. The smallest absolute Gasteiger partial charge is 0.100 e. The van der Waals surface area contributed by atoms with Crippen LogP contribution in [0.5, 0.6) is 0 Å². The molecule has 2 heteroatoms.